The zero-order chi connectivity index (χ0) is 13.9. The van der Waals surface area contributed by atoms with Crippen molar-refractivity contribution in [1.29, 1.82) is 0 Å². The SMILES string of the molecule is CNCC1CCN(S(=O)(=O)N2CCC(OC)C2)CC1. The Hall–Kier alpha value is -0.210. The Bertz CT molecular complexity index is 380. The van der Waals surface area contributed by atoms with Gasteiger partial charge in [-0.2, -0.15) is 17.0 Å². The van der Waals surface area contributed by atoms with E-state index in [0.717, 1.165) is 25.8 Å². The van der Waals surface area contributed by atoms with Crippen LogP contribution in [0, 0.1) is 5.92 Å². The molecular formula is C12H25N3O3S. The fourth-order valence-corrected chi connectivity index (χ4v) is 4.59. The van der Waals surface area contributed by atoms with Crippen LogP contribution in [0.3, 0.4) is 0 Å². The molecule has 2 aliphatic rings. The van der Waals surface area contributed by atoms with Crippen LogP contribution in [0.2, 0.25) is 0 Å². The lowest BCUT2D eigenvalue weighted by Gasteiger charge is -2.33. The molecule has 0 saturated carbocycles. The van der Waals surface area contributed by atoms with Crippen LogP contribution in [0.25, 0.3) is 0 Å². The average Bonchev–Trinajstić information content (AvgIpc) is 2.89. The number of nitrogens with one attached hydrogen (secondary N) is 1. The highest BCUT2D eigenvalue weighted by Crippen LogP contribution is 2.24. The van der Waals surface area contributed by atoms with Crippen LogP contribution in [0.4, 0.5) is 0 Å². The summed E-state index contributed by atoms with van der Waals surface area (Å²) in [4.78, 5) is 0. The molecule has 0 aromatic rings. The second-order valence-corrected chi connectivity index (χ2v) is 7.34. The normalized spacial score (nSPS) is 28.0. The number of hydrogen-bond acceptors (Lipinski definition) is 4. The first-order valence-electron chi connectivity index (χ1n) is 7.00. The Morgan fingerprint density at radius 1 is 1.16 bits per heavy atom. The molecule has 1 N–H and O–H groups in total. The van der Waals surface area contributed by atoms with Gasteiger partial charge < -0.3 is 10.1 Å². The van der Waals surface area contributed by atoms with Crippen LogP contribution >= 0.6 is 0 Å². The summed E-state index contributed by atoms with van der Waals surface area (Å²) < 4.78 is 33.4. The molecule has 0 aliphatic carbocycles. The lowest BCUT2D eigenvalue weighted by Crippen LogP contribution is -2.47. The van der Waals surface area contributed by atoms with Crippen molar-refractivity contribution >= 4 is 10.2 Å². The first-order chi connectivity index (χ1) is 9.07. The van der Waals surface area contributed by atoms with Gasteiger partial charge in [0.1, 0.15) is 0 Å². The largest absolute Gasteiger partial charge is 0.380 e. The van der Waals surface area contributed by atoms with E-state index in [-0.39, 0.29) is 6.10 Å². The zero-order valence-electron chi connectivity index (χ0n) is 11.8. The molecule has 0 amide bonds. The average molecular weight is 291 g/mol. The van der Waals surface area contributed by atoms with Crippen molar-refractivity contribution in [3.63, 3.8) is 0 Å². The molecule has 2 aliphatic heterocycles. The summed E-state index contributed by atoms with van der Waals surface area (Å²) in [5.74, 6) is 0.599. The van der Waals surface area contributed by atoms with Crippen LogP contribution in [-0.2, 0) is 14.9 Å². The van der Waals surface area contributed by atoms with E-state index in [0.29, 0.717) is 32.1 Å². The quantitative estimate of drug-likeness (QED) is 0.767. The maximum atomic E-state index is 12.5. The van der Waals surface area contributed by atoms with E-state index in [9.17, 15) is 8.42 Å². The number of piperidine rings is 1. The summed E-state index contributed by atoms with van der Waals surface area (Å²) in [5.41, 5.74) is 0. The molecule has 0 bridgehead atoms. The van der Waals surface area contributed by atoms with Crippen molar-refractivity contribution in [3.05, 3.63) is 0 Å². The van der Waals surface area contributed by atoms with Crippen LogP contribution in [0.1, 0.15) is 19.3 Å². The smallest absolute Gasteiger partial charge is 0.282 e. The zero-order valence-corrected chi connectivity index (χ0v) is 12.7. The molecule has 6 nitrogen and oxygen atoms in total. The minimum Gasteiger partial charge on any atom is -0.380 e. The topological polar surface area (TPSA) is 61.9 Å². The van der Waals surface area contributed by atoms with E-state index in [1.807, 2.05) is 7.05 Å². The molecule has 2 saturated heterocycles. The van der Waals surface area contributed by atoms with Gasteiger partial charge in [0.15, 0.2) is 0 Å². The van der Waals surface area contributed by atoms with Gasteiger partial charge in [-0.3, -0.25) is 0 Å². The maximum Gasteiger partial charge on any atom is 0.282 e. The monoisotopic (exact) mass is 291 g/mol. The predicted molar refractivity (Wildman–Crippen MR) is 74.1 cm³/mol. The fraction of sp³-hybridized carbons (Fsp3) is 1.00. The van der Waals surface area contributed by atoms with Crippen LogP contribution in [0.5, 0.6) is 0 Å². The van der Waals surface area contributed by atoms with Gasteiger partial charge in [0.2, 0.25) is 0 Å². The summed E-state index contributed by atoms with van der Waals surface area (Å²) in [6.07, 6.45) is 2.74. The lowest BCUT2D eigenvalue weighted by atomic mass is 9.98. The Balaban J connectivity index is 1.91. The first-order valence-corrected chi connectivity index (χ1v) is 8.40. The molecule has 1 unspecified atom stereocenters. The fourth-order valence-electron chi connectivity index (χ4n) is 2.90. The molecule has 0 spiro atoms. The molecule has 7 heteroatoms. The summed E-state index contributed by atoms with van der Waals surface area (Å²) in [6, 6.07) is 0. The maximum absolute atomic E-state index is 12.5. The third-order valence-electron chi connectivity index (χ3n) is 4.16. The number of methoxy groups -OCH3 is 1. The van der Waals surface area contributed by atoms with Gasteiger partial charge in [0, 0.05) is 33.3 Å². The van der Waals surface area contributed by atoms with Gasteiger partial charge in [-0.05, 0) is 38.8 Å². The predicted octanol–water partition coefficient (Wildman–Crippen LogP) is -0.117. The Kier molecular flexibility index (Phi) is 5.19. The Morgan fingerprint density at radius 2 is 1.79 bits per heavy atom. The van der Waals surface area contributed by atoms with Crippen LogP contribution < -0.4 is 5.32 Å². The Morgan fingerprint density at radius 3 is 2.32 bits per heavy atom. The third-order valence-corrected chi connectivity index (χ3v) is 6.16. The van der Waals surface area contributed by atoms with E-state index in [1.165, 1.54) is 0 Å². The van der Waals surface area contributed by atoms with Crippen molar-refractivity contribution in [2.45, 2.75) is 25.4 Å². The van der Waals surface area contributed by atoms with Gasteiger partial charge in [-0.1, -0.05) is 0 Å². The lowest BCUT2D eigenvalue weighted by molar-refractivity contribution is 0.114. The van der Waals surface area contributed by atoms with E-state index in [4.69, 9.17) is 4.74 Å². The van der Waals surface area contributed by atoms with E-state index >= 15 is 0 Å². The summed E-state index contributed by atoms with van der Waals surface area (Å²) in [6.45, 7) is 3.33. The van der Waals surface area contributed by atoms with Gasteiger partial charge in [-0.25, -0.2) is 0 Å². The van der Waals surface area contributed by atoms with Crippen molar-refractivity contribution in [3.8, 4) is 0 Å². The van der Waals surface area contributed by atoms with E-state index < -0.39 is 10.2 Å². The van der Waals surface area contributed by atoms with Gasteiger partial charge in [-0.15, -0.1) is 0 Å². The van der Waals surface area contributed by atoms with Crippen molar-refractivity contribution in [1.82, 2.24) is 13.9 Å². The minimum atomic E-state index is -3.28. The van der Waals surface area contributed by atoms with Crippen molar-refractivity contribution in [2.24, 2.45) is 5.92 Å². The molecule has 2 fully saturated rings. The second kappa shape index (κ2) is 6.49. The number of hydrogen-bond donors (Lipinski definition) is 1. The van der Waals surface area contributed by atoms with Crippen LogP contribution in [0.15, 0.2) is 0 Å². The number of rotatable bonds is 5. The van der Waals surface area contributed by atoms with Crippen LogP contribution in [-0.4, -0.2) is 70.0 Å². The molecule has 2 heterocycles. The first kappa shape index (κ1) is 15.2. The highest BCUT2D eigenvalue weighted by molar-refractivity contribution is 7.86. The highest BCUT2D eigenvalue weighted by Gasteiger charge is 2.37. The number of nitrogens with zero attached hydrogens (tertiary/aromatic N) is 2. The summed E-state index contributed by atoms with van der Waals surface area (Å²) >= 11 is 0. The van der Waals surface area contributed by atoms with Gasteiger partial charge >= 0.3 is 0 Å². The summed E-state index contributed by atoms with van der Waals surface area (Å²) in [7, 11) is 0.309. The molecule has 0 aromatic carbocycles. The summed E-state index contributed by atoms with van der Waals surface area (Å²) in [5, 5.41) is 3.16. The number of ether oxygens (including phenoxy) is 1. The van der Waals surface area contributed by atoms with E-state index in [1.54, 1.807) is 15.7 Å². The second-order valence-electron chi connectivity index (χ2n) is 5.41. The molecular weight excluding hydrogens is 266 g/mol. The molecule has 112 valence electrons. The minimum absolute atomic E-state index is 0.0524. The Labute approximate surface area is 116 Å². The van der Waals surface area contributed by atoms with E-state index in [2.05, 4.69) is 5.32 Å². The van der Waals surface area contributed by atoms with Crippen molar-refractivity contribution < 1.29 is 13.2 Å². The van der Waals surface area contributed by atoms with Gasteiger partial charge in [0.05, 0.1) is 6.10 Å². The molecule has 0 radical (unpaired) electrons. The van der Waals surface area contributed by atoms with Crippen molar-refractivity contribution in [2.75, 3.05) is 46.9 Å². The third kappa shape index (κ3) is 3.46. The molecule has 2 rings (SSSR count). The molecule has 19 heavy (non-hydrogen) atoms. The highest BCUT2D eigenvalue weighted by atomic mass is 32.2. The molecule has 1 atom stereocenters. The standard InChI is InChI=1S/C12H25N3O3S/c1-13-9-11-3-6-14(7-4-11)19(16,17)15-8-5-12(10-15)18-2/h11-13H,3-10H2,1-2H3. The molecule has 0 aromatic heterocycles. The van der Waals surface area contributed by atoms with Gasteiger partial charge in [0.25, 0.3) is 10.2 Å².